The zero-order valence-corrected chi connectivity index (χ0v) is 14.1. The van der Waals surface area contributed by atoms with E-state index >= 15 is 0 Å². The van der Waals surface area contributed by atoms with Crippen LogP contribution >= 0.6 is 0 Å². The van der Waals surface area contributed by atoms with Crippen molar-refractivity contribution in [2.45, 2.75) is 104 Å². The minimum absolute atomic E-state index is 0.759. The second kappa shape index (κ2) is 14.4. The lowest BCUT2D eigenvalue weighted by Crippen LogP contribution is -2.30. The Kier molecular flexibility index (Phi) is 14.3. The van der Waals surface area contributed by atoms with Gasteiger partial charge in [-0.2, -0.15) is 0 Å². The molecule has 0 heterocycles. The number of hydrogen-bond donors (Lipinski definition) is 1. The summed E-state index contributed by atoms with van der Waals surface area (Å²) in [5, 5.41) is 3.64. The van der Waals surface area contributed by atoms with Crippen molar-refractivity contribution < 1.29 is 0 Å². The Morgan fingerprint density at radius 1 is 0.737 bits per heavy atom. The predicted molar refractivity (Wildman–Crippen MR) is 88.8 cm³/mol. The molecule has 0 spiro atoms. The first-order chi connectivity index (χ1) is 9.20. The highest BCUT2D eigenvalue weighted by Crippen LogP contribution is 2.14. The molecule has 0 fully saturated rings. The Labute approximate surface area is 122 Å². The summed E-state index contributed by atoms with van der Waals surface area (Å²) in [6, 6.07) is 0.759. The molecule has 1 N–H and O–H groups in total. The van der Waals surface area contributed by atoms with E-state index in [0.717, 1.165) is 18.5 Å². The van der Waals surface area contributed by atoms with Crippen LogP contribution in [0.5, 0.6) is 0 Å². The SMILES string of the molecule is CCCCCCCCCCCC(CC(C)C)NCC. The van der Waals surface area contributed by atoms with Crippen LogP contribution in [-0.4, -0.2) is 12.6 Å². The highest BCUT2D eigenvalue weighted by molar-refractivity contribution is 4.67. The van der Waals surface area contributed by atoms with Crippen molar-refractivity contribution in [1.29, 1.82) is 0 Å². The maximum Gasteiger partial charge on any atom is 0.00693 e. The molecule has 0 aromatic carbocycles. The van der Waals surface area contributed by atoms with Crippen molar-refractivity contribution in [2.24, 2.45) is 5.92 Å². The summed E-state index contributed by atoms with van der Waals surface area (Å²) < 4.78 is 0. The van der Waals surface area contributed by atoms with Crippen molar-refractivity contribution in [3.63, 3.8) is 0 Å². The lowest BCUT2D eigenvalue weighted by Gasteiger charge is -2.19. The zero-order chi connectivity index (χ0) is 14.3. The topological polar surface area (TPSA) is 12.0 Å². The van der Waals surface area contributed by atoms with Gasteiger partial charge in [-0.05, 0) is 25.3 Å². The van der Waals surface area contributed by atoms with E-state index in [4.69, 9.17) is 0 Å². The Hall–Kier alpha value is -0.0400. The molecular weight excluding hydrogens is 230 g/mol. The molecule has 0 rings (SSSR count). The van der Waals surface area contributed by atoms with Crippen molar-refractivity contribution in [3.8, 4) is 0 Å². The molecule has 0 aromatic rings. The second-order valence-electron chi connectivity index (χ2n) is 6.50. The molecule has 0 saturated heterocycles. The molecular formula is C18H39N. The van der Waals surface area contributed by atoms with E-state index < -0.39 is 0 Å². The van der Waals surface area contributed by atoms with Crippen molar-refractivity contribution in [2.75, 3.05) is 6.54 Å². The van der Waals surface area contributed by atoms with Gasteiger partial charge in [0.05, 0.1) is 0 Å². The van der Waals surface area contributed by atoms with Gasteiger partial charge < -0.3 is 5.32 Å². The third-order valence-corrected chi connectivity index (χ3v) is 3.90. The van der Waals surface area contributed by atoms with Crippen LogP contribution in [0, 0.1) is 5.92 Å². The molecule has 116 valence electrons. The van der Waals surface area contributed by atoms with Crippen LogP contribution in [0.15, 0.2) is 0 Å². The van der Waals surface area contributed by atoms with Gasteiger partial charge in [-0.3, -0.25) is 0 Å². The van der Waals surface area contributed by atoms with Crippen molar-refractivity contribution >= 4 is 0 Å². The summed E-state index contributed by atoms with van der Waals surface area (Å²) >= 11 is 0. The third kappa shape index (κ3) is 14.2. The Morgan fingerprint density at radius 3 is 1.74 bits per heavy atom. The molecule has 1 unspecified atom stereocenters. The van der Waals surface area contributed by atoms with E-state index in [2.05, 4.69) is 33.0 Å². The molecule has 19 heavy (non-hydrogen) atoms. The molecule has 1 atom stereocenters. The number of nitrogens with one attached hydrogen (secondary N) is 1. The van der Waals surface area contributed by atoms with Crippen LogP contribution in [0.2, 0.25) is 0 Å². The van der Waals surface area contributed by atoms with Gasteiger partial charge in [0.15, 0.2) is 0 Å². The van der Waals surface area contributed by atoms with Crippen LogP contribution in [-0.2, 0) is 0 Å². The fourth-order valence-corrected chi connectivity index (χ4v) is 2.86. The van der Waals surface area contributed by atoms with Gasteiger partial charge in [0.2, 0.25) is 0 Å². The molecule has 0 amide bonds. The van der Waals surface area contributed by atoms with E-state index in [9.17, 15) is 0 Å². The predicted octanol–water partition coefficient (Wildman–Crippen LogP) is 5.93. The van der Waals surface area contributed by atoms with E-state index in [0.29, 0.717) is 0 Å². The first-order valence-electron chi connectivity index (χ1n) is 8.94. The number of rotatable bonds is 14. The Morgan fingerprint density at radius 2 is 1.26 bits per heavy atom. The molecule has 0 saturated carbocycles. The fraction of sp³-hybridized carbons (Fsp3) is 1.00. The monoisotopic (exact) mass is 269 g/mol. The van der Waals surface area contributed by atoms with Crippen molar-refractivity contribution in [1.82, 2.24) is 5.32 Å². The maximum atomic E-state index is 3.64. The molecule has 0 radical (unpaired) electrons. The zero-order valence-electron chi connectivity index (χ0n) is 14.1. The Balaban J connectivity index is 3.34. The van der Waals surface area contributed by atoms with Crippen LogP contribution in [0.25, 0.3) is 0 Å². The summed E-state index contributed by atoms with van der Waals surface area (Å²) in [6.07, 6.45) is 15.6. The van der Waals surface area contributed by atoms with Crippen LogP contribution in [0.4, 0.5) is 0 Å². The van der Waals surface area contributed by atoms with E-state index in [1.807, 2.05) is 0 Å². The largest absolute Gasteiger partial charge is 0.314 e. The normalized spacial score (nSPS) is 13.1. The van der Waals surface area contributed by atoms with Gasteiger partial charge in [0, 0.05) is 6.04 Å². The van der Waals surface area contributed by atoms with E-state index in [1.54, 1.807) is 0 Å². The molecule has 0 aliphatic heterocycles. The van der Waals surface area contributed by atoms with Gasteiger partial charge in [-0.1, -0.05) is 85.5 Å². The summed E-state index contributed by atoms with van der Waals surface area (Å²) in [5.41, 5.74) is 0. The van der Waals surface area contributed by atoms with Gasteiger partial charge in [0.25, 0.3) is 0 Å². The first kappa shape index (κ1) is 19.0. The fourth-order valence-electron chi connectivity index (χ4n) is 2.86. The summed E-state index contributed by atoms with van der Waals surface area (Å²) in [5.74, 6) is 0.822. The standard InChI is InChI=1S/C18H39N/c1-5-7-8-9-10-11-12-13-14-15-18(19-6-2)16-17(3)4/h17-19H,5-16H2,1-4H3. The summed E-state index contributed by atoms with van der Waals surface area (Å²) in [4.78, 5) is 0. The van der Waals surface area contributed by atoms with Crippen LogP contribution in [0.1, 0.15) is 98.3 Å². The molecule has 0 aliphatic carbocycles. The number of hydrogen-bond acceptors (Lipinski definition) is 1. The quantitative estimate of drug-likeness (QED) is 0.385. The lowest BCUT2D eigenvalue weighted by molar-refractivity contribution is 0.390. The van der Waals surface area contributed by atoms with Crippen LogP contribution < -0.4 is 5.32 Å². The average molecular weight is 270 g/mol. The second-order valence-corrected chi connectivity index (χ2v) is 6.50. The molecule has 0 bridgehead atoms. The highest BCUT2D eigenvalue weighted by atomic mass is 14.9. The molecule has 0 aromatic heterocycles. The van der Waals surface area contributed by atoms with Gasteiger partial charge in [-0.25, -0.2) is 0 Å². The Bertz CT molecular complexity index is 165. The molecule has 1 heteroatoms. The van der Waals surface area contributed by atoms with Crippen molar-refractivity contribution in [3.05, 3.63) is 0 Å². The summed E-state index contributed by atoms with van der Waals surface area (Å²) in [7, 11) is 0. The van der Waals surface area contributed by atoms with E-state index in [1.165, 1.54) is 70.6 Å². The third-order valence-electron chi connectivity index (χ3n) is 3.90. The van der Waals surface area contributed by atoms with E-state index in [-0.39, 0.29) is 0 Å². The minimum atomic E-state index is 0.759. The average Bonchev–Trinajstić information content (AvgIpc) is 2.36. The van der Waals surface area contributed by atoms with Gasteiger partial charge in [0.1, 0.15) is 0 Å². The summed E-state index contributed by atoms with van der Waals surface area (Å²) in [6.45, 7) is 10.3. The lowest BCUT2D eigenvalue weighted by atomic mass is 9.98. The minimum Gasteiger partial charge on any atom is -0.314 e. The highest BCUT2D eigenvalue weighted by Gasteiger charge is 2.08. The number of unbranched alkanes of at least 4 members (excludes halogenated alkanes) is 8. The van der Waals surface area contributed by atoms with Gasteiger partial charge >= 0.3 is 0 Å². The molecule has 0 aliphatic rings. The van der Waals surface area contributed by atoms with Gasteiger partial charge in [-0.15, -0.1) is 0 Å². The first-order valence-corrected chi connectivity index (χ1v) is 8.94. The maximum absolute atomic E-state index is 3.64. The molecule has 1 nitrogen and oxygen atoms in total. The van der Waals surface area contributed by atoms with Crippen LogP contribution in [0.3, 0.4) is 0 Å². The smallest absolute Gasteiger partial charge is 0.00693 e.